The first-order chi connectivity index (χ1) is 4.58. The molecule has 56 valence electrons. The highest BCUT2D eigenvalue weighted by atomic mass is 32.1. The standard InChI is InChI=1S/C6H9NO2S/c1-6(3-8)4(9)2-5(10)7-6/h2,8-9H,3H2,1H3,(H,7,10)/t6-/m1/s1. The summed E-state index contributed by atoms with van der Waals surface area (Å²) in [5, 5.41) is 20.7. The molecule has 1 aliphatic heterocycles. The highest BCUT2D eigenvalue weighted by molar-refractivity contribution is 7.80. The molecule has 0 fully saturated rings. The zero-order valence-corrected chi connectivity index (χ0v) is 6.40. The van der Waals surface area contributed by atoms with Gasteiger partial charge in [-0.05, 0) is 6.92 Å². The normalized spacial score (nSPS) is 31.8. The number of nitrogens with one attached hydrogen (secondary N) is 1. The van der Waals surface area contributed by atoms with Crippen molar-refractivity contribution in [3.8, 4) is 0 Å². The van der Waals surface area contributed by atoms with Crippen molar-refractivity contribution >= 4 is 17.2 Å². The third-order valence-corrected chi connectivity index (χ3v) is 1.77. The third kappa shape index (κ3) is 0.998. The molecule has 0 radical (unpaired) electrons. The van der Waals surface area contributed by atoms with Gasteiger partial charge in [-0.15, -0.1) is 0 Å². The summed E-state index contributed by atoms with van der Waals surface area (Å²) in [6.07, 6.45) is 1.44. The van der Waals surface area contributed by atoms with Gasteiger partial charge in [0.15, 0.2) is 0 Å². The zero-order chi connectivity index (χ0) is 7.78. The number of rotatable bonds is 1. The van der Waals surface area contributed by atoms with Crippen molar-refractivity contribution in [2.75, 3.05) is 6.61 Å². The van der Waals surface area contributed by atoms with Gasteiger partial charge < -0.3 is 15.5 Å². The molecule has 4 heteroatoms. The Morgan fingerprint density at radius 2 is 2.40 bits per heavy atom. The predicted octanol–water partition coefficient (Wildman–Crippen LogP) is 0.110. The molecule has 0 aromatic carbocycles. The van der Waals surface area contributed by atoms with Crippen LogP contribution in [0.2, 0.25) is 0 Å². The second-order valence-electron chi connectivity index (χ2n) is 2.51. The topological polar surface area (TPSA) is 52.5 Å². The van der Waals surface area contributed by atoms with E-state index < -0.39 is 5.54 Å². The fourth-order valence-electron chi connectivity index (χ4n) is 0.776. The highest BCUT2D eigenvalue weighted by Crippen LogP contribution is 2.18. The van der Waals surface area contributed by atoms with Crippen molar-refractivity contribution in [3.05, 3.63) is 11.8 Å². The van der Waals surface area contributed by atoms with E-state index in [0.717, 1.165) is 0 Å². The summed E-state index contributed by atoms with van der Waals surface area (Å²) in [7, 11) is 0. The van der Waals surface area contributed by atoms with Crippen molar-refractivity contribution in [1.29, 1.82) is 0 Å². The highest BCUT2D eigenvalue weighted by Gasteiger charge is 2.33. The molecule has 1 heterocycles. The summed E-state index contributed by atoms with van der Waals surface area (Å²) in [6.45, 7) is 1.52. The largest absolute Gasteiger partial charge is 0.510 e. The van der Waals surface area contributed by atoms with Crippen LogP contribution in [0.1, 0.15) is 6.92 Å². The van der Waals surface area contributed by atoms with Crippen molar-refractivity contribution in [3.63, 3.8) is 0 Å². The van der Waals surface area contributed by atoms with E-state index in [4.69, 9.17) is 22.4 Å². The van der Waals surface area contributed by atoms with E-state index in [1.807, 2.05) is 0 Å². The van der Waals surface area contributed by atoms with Crippen LogP contribution in [-0.2, 0) is 0 Å². The summed E-state index contributed by atoms with van der Waals surface area (Å²) in [6, 6.07) is 0. The summed E-state index contributed by atoms with van der Waals surface area (Å²) >= 11 is 4.75. The van der Waals surface area contributed by atoms with Gasteiger partial charge in [-0.2, -0.15) is 0 Å². The van der Waals surface area contributed by atoms with Crippen LogP contribution >= 0.6 is 12.2 Å². The minimum atomic E-state index is -0.753. The summed E-state index contributed by atoms with van der Waals surface area (Å²) in [5.41, 5.74) is -0.753. The summed E-state index contributed by atoms with van der Waals surface area (Å²) in [5.74, 6) is 0.0972. The molecule has 10 heavy (non-hydrogen) atoms. The third-order valence-electron chi connectivity index (χ3n) is 1.55. The van der Waals surface area contributed by atoms with E-state index in [-0.39, 0.29) is 12.4 Å². The number of thiocarbonyl (C=S) groups is 1. The maximum Gasteiger partial charge on any atom is 0.123 e. The number of aliphatic hydroxyl groups excluding tert-OH is 2. The van der Waals surface area contributed by atoms with Crippen molar-refractivity contribution < 1.29 is 10.2 Å². The second-order valence-corrected chi connectivity index (χ2v) is 2.95. The number of aliphatic hydroxyl groups is 2. The molecule has 0 unspecified atom stereocenters. The Hall–Kier alpha value is -0.610. The minimum Gasteiger partial charge on any atom is -0.510 e. The molecule has 0 spiro atoms. The van der Waals surface area contributed by atoms with Crippen LogP contribution in [0.15, 0.2) is 11.8 Å². The number of hydrogen-bond donors (Lipinski definition) is 3. The van der Waals surface area contributed by atoms with Gasteiger partial charge in [0.05, 0.1) is 6.61 Å². The lowest BCUT2D eigenvalue weighted by atomic mass is 10.0. The average molecular weight is 159 g/mol. The van der Waals surface area contributed by atoms with Gasteiger partial charge in [-0.1, -0.05) is 12.2 Å². The van der Waals surface area contributed by atoms with Gasteiger partial charge in [0.2, 0.25) is 0 Å². The maximum atomic E-state index is 9.17. The van der Waals surface area contributed by atoms with Crippen LogP contribution in [0.4, 0.5) is 0 Å². The monoisotopic (exact) mass is 159 g/mol. The number of hydrogen-bond acceptors (Lipinski definition) is 3. The molecule has 3 N–H and O–H groups in total. The molecular weight excluding hydrogens is 150 g/mol. The van der Waals surface area contributed by atoms with Gasteiger partial charge in [0.25, 0.3) is 0 Å². The van der Waals surface area contributed by atoms with Gasteiger partial charge in [-0.3, -0.25) is 0 Å². The van der Waals surface area contributed by atoms with Crippen LogP contribution in [0.5, 0.6) is 0 Å². The van der Waals surface area contributed by atoms with Crippen LogP contribution < -0.4 is 5.32 Å². The molecule has 0 aliphatic carbocycles. The van der Waals surface area contributed by atoms with Crippen molar-refractivity contribution in [2.24, 2.45) is 0 Å². The molecule has 0 saturated heterocycles. The lowest BCUT2D eigenvalue weighted by Crippen LogP contribution is -2.44. The molecule has 3 nitrogen and oxygen atoms in total. The van der Waals surface area contributed by atoms with Gasteiger partial charge in [0, 0.05) is 6.08 Å². The molecule has 1 aliphatic rings. The summed E-state index contributed by atoms with van der Waals surface area (Å²) in [4.78, 5) is 0.467. The smallest absolute Gasteiger partial charge is 0.123 e. The van der Waals surface area contributed by atoms with Gasteiger partial charge >= 0.3 is 0 Å². The fraction of sp³-hybridized carbons (Fsp3) is 0.500. The lowest BCUT2D eigenvalue weighted by molar-refractivity contribution is 0.179. The van der Waals surface area contributed by atoms with E-state index in [2.05, 4.69) is 5.32 Å². The van der Waals surface area contributed by atoms with Crippen LogP contribution in [0.25, 0.3) is 0 Å². The zero-order valence-electron chi connectivity index (χ0n) is 5.59. The molecule has 1 atom stereocenters. The van der Waals surface area contributed by atoms with Gasteiger partial charge in [-0.25, -0.2) is 0 Å². The minimum absolute atomic E-state index is 0.0972. The molecule has 0 bridgehead atoms. The molecule has 0 amide bonds. The van der Waals surface area contributed by atoms with Crippen LogP contribution in [0, 0.1) is 0 Å². The van der Waals surface area contributed by atoms with Gasteiger partial charge in [0.1, 0.15) is 16.3 Å². The Kier molecular flexibility index (Phi) is 1.66. The molecule has 0 saturated carbocycles. The maximum absolute atomic E-state index is 9.17. The molecule has 0 aromatic rings. The van der Waals surface area contributed by atoms with Crippen LogP contribution in [-0.4, -0.2) is 27.3 Å². The molecular formula is C6H9NO2S. The van der Waals surface area contributed by atoms with E-state index in [1.165, 1.54) is 6.08 Å². The Morgan fingerprint density at radius 3 is 2.60 bits per heavy atom. The lowest BCUT2D eigenvalue weighted by Gasteiger charge is -2.22. The summed E-state index contributed by atoms with van der Waals surface area (Å²) < 4.78 is 0. The fourth-order valence-corrected chi connectivity index (χ4v) is 1.11. The van der Waals surface area contributed by atoms with E-state index in [9.17, 15) is 0 Å². The van der Waals surface area contributed by atoms with Crippen molar-refractivity contribution in [2.45, 2.75) is 12.5 Å². The average Bonchev–Trinajstić information content (AvgIpc) is 2.09. The Balaban J connectivity index is 2.86. The van der Waals surface area contributed by atoms with E-state index >= 15 is 0 Å². The first-order valence-electron chi connectivity index (χ1n) is 2.92. The molecule has 1 rings (SSSR count). The SMILES string of the molecule is C[C@]1(CO)NC(=S)C=C1O. The first-order valence-corrected chi connectivity index (χ1v) is 3.33. The Morgan fingerprint density at radius 1 is 1.80 bits per heavy atom. The first kappa shape index (κ1) is 7.50. The van der Waals surface area contributed by atoms with Crippen molar-refractivity contribution in [1.82, 2.24) is 5.32 Å². The Bertz CT molecular complexity index is 202. The Labute approximate surface area is 64.4 Å². The van der Waals surface area contributed by atoms with E-state index in [1.54, 1.807) is 6.92 Å². The quantitative estimate of drug-likeness (QED) is 0.475. The van der Waals surface area contributed by atoms with Crippen LogP contribution in [0.3, 0.4) is 0 Å². The molecule has 0 aromatic heterocycles. The predicted molar refractivity (Wildman–Crippen MR) is 41.9 cm³/mol. The second kappa shape index (κ2) is 2.21. The van der Waals surface area contributed by atoms with E-state index in [0.29, 0.717) is 4.99 Å².